The highest BCUT2D eigenvalue weighted by molar-refractivity contribution is 5.98. The van der Waals surface area contributed by atoms with Crippen LogP contribution in [0.4, 0.5) is 0 Å². The largest absolute Gasteiger partial charge is 0.497 e. The van der Waals surface area contributed by atoms with Gasteiger partial charge < -0.3 is 19.9 Å². The first kappa shape index (κ1) is 19.1. The van der Waals surface area contributed by atoms with Gasteiger partial charge in [0.1, 0.15) is 11.8 Å². The number of methoxy groups -OCH3 is 1. The molecule has 2 amide bonds. The Hall–Kier alpha value is -3.28. The van der Waals surface area contributed by atoms with Gasteiger partial charge in [-0.1, -0.05) is 18.2 Å². The number of aromatic nitrogens is 1. The van der Waals surface area contributed by atoms with Gasteiger partial charge in [-0.2, -0.15) is 0 Å². The molecule has 1 aliphatic heterocycles. The Balaban J connectivity index is 1.57. The Morgan fingerprint density at radius 2 is 1.83 bits per heavy atom. The topological polar surface area (TPSA) is 74.4 Å². The molecule has 1 atom stereocenters. The number of nitrogens with zero attached hydrogens (tertiary/aromatic N) is 1. The van der Waals surface area contributed by atoms with Gasteiger partial charge in [-0.15, -0.1) is 0 Å². The smallest absolute Gasteiger partial charge is 0.251 e. The number of hydrogen-bond acceptors (Lipinski definition) is 3. The van der Waals surface area contributed by atoms with Crippen LogP contribution in [0.15, 0.2) is 54.7 Å². The van der Waals surface area contributed by atoms with E-state index in [4.69, 9.17) is 4.74 Å². The highest BCUT2D eigenvalue weighted by atomic mass is 16.5. The molecule has 150 valence electrons. The molecule has 1 saturated heterocycles. The van der Waals surface area contributed by atoms with Crippen molar-refractivity contribution < 1.29 is 14.3 Å². The number of ether oxygens (including phenoxy) is 1. The van der Waals surface area contributed by atoms with Gasteiger partial charge in [-0.3, -0.25) is 9.59 Å². The summed E-state index contributed by atoms with van der Waals surface area (Å²) < 4.78 is 5.15. The number of aromatic amines is 1. The molecule has 29 heavy (non-hydrogen) atoms. The Morgan fingerprint density at radius 3 is 2.55 bits per heavy atom. The number of nitrogens with one attached hydrogen (secondary N) is 2. The van der Waals surface area contributed by atoms with Gasteiger partial charge in [-0.25, -0.2) is 0 Å². The van der Waals surface area contributed by atoms with Crippen LogP contribution in [0.25, 0.3) is 10.9 Å². The summed E-state index contributed by atoms with van der Waals surface area (Å²) in [5, 5.41) is 4.04. The van der Waals surface area contributed by atoms with Crippen molar-refractivity contribution in [1.82, 2.24) is 15.2 Å². The zero-order chi connectivity index (χ0) is 20.2. The van der Waals surface area contributed by atoms with E-state index in [0.717, 1.165) is 42.4 Å². The van der Waals surface area contributed by atoms with E-state index in [0.29, 0.717) is 17.7 Å². The monoisotopic (exact) mass is 391 g/mol. The molecule has 4 rings (SSSR count). The average Bonchev–Trinajstić information content (AvgIpc) is 3.43. The fourth-order valence-corrected chi connectivity index (χ4v) is 3.86. The van der Waals surface area contributed by atoms with Gasteiger partial charge in [0.25, 0.3) is 5.91 Å². The fourth-order valence-electron chi connectivity index (χ4n) is 3.86. The Kier molecular flexibility index (Phi) is 5.51. The Bertz CT molecular complexity index is 1000. The van der Waals surface area contributed by atoms with Crippen molar-refractivity contribution in [3.05, 3.63) is 65.9 Å². The molecule has 0 spiro atoms. The lowest BCUT2D eigenvalue weighted by Gasteiger charge is -2.24. The predicted molar refractivity (Wildman–Crippen MR) is 112 cm³/mol. The summed E-state index contributed by atoms with van der Waals surface area (Å²) in [6, 6.07) is 14.3. The van der Waals surface area contributed by atoms with Crippen molar-refractivity contribution in [2.75, 3.05) is 20.2 Å². The van der Waals surface area contributed by atoms with Crippen molar-refractivity contribution in [2.24, 2.45) is 0 Å². The van der Waals surface area contributed by atoms with Crippen LogP contribution in [-0.4, -0.2) is 47.9 Å². The molecule has 0 aliphatic carbocycles. The van der Waals surface area contributed by atoms with E-state index in [1.165, 1.54) is 0 Å². The second-order valence-corrected chi connectivity index (χ2v) is 7.35. The van der Waals surface area contributed by atoms with Crippen molar-refractivity contribution in [1.29, 1.82) is 0 Å². The lowest BCUT2D eigenvalue weighted by atomic mass is 10.0. The molecule has 6 nitrogen and oxygen atoms in total. The number of fused-ring (bicyclic) bond motifs is 1. The fraction of sp³-hybridized carbons (Fsp3) is 0.304. The maximum atomic E-state index is 13.2. The average molecular weight is 391 g/mol. The van der Waals surface area contributed by atoms with Crippen molar-refractivity contribution in [2.45, 2.75) is 25.3 Å². The minimum absolute atomic E-state index is 0.0188. The van der Waals surface area contributed by atoms with E-state index >= 15 is 0 Å². The number of carbonyl (C=O) groups excluding carboxylic acids is 2. The number of para-hydroxylation sites is 1. The van der Waals surface area contributed by atoms with Gasteiger partial charge >= 0.3 is 0 Å². The third kappa shape index (κ3) is 4.11. The van der Waals surface area contributed by atoms with Gasteiger partial charge in [0, 0.05) is 42.2 Å². The normalized spacial score (nSPS) is 14.7. The molecular weight excluding hydrogens is 366 g/mol. The van der Waals surface area contributed by atoms with Crippen molar-refractivity contribution in [3.63, 3.8) is 0 Å². The second kappa shape index (κ2) is 8.39. The molecule has 1 aromatic heterocycles. The molecule has 3 aromatic rings. The van der Waals surface area contributed by atoms with Crippen LogP contribution in [0.2, 0.25) is 0 Å². The van der Waals surface area contributed by atoms with Crippen LogP contribution in [0, 0.1) is 0 Å². The molecule has 0 unspecified atom stereocenters. The number of carbonyl (C=O) groups is 2. The zero-order valence-electron chi connectivity index (χ0n) is 16.5. The van der Waals surface area contributed by atoms with E-state index in [2.05, 4.69) is 10.3 Å². The molecule has 2 N–H and O–H groups in total. The van der Waals surface area contributed by atoms with E-state index in [9.17, 15) is 9.59 Å². The third-order valence-electron chi connectivity index (χ3n) is 5.47. The van der Waals surface area contributed by atoms with Crippen molar-refractivity contribution >= 4 is 22.7 Å². The summed E-state index contributed by atoms with van der Waals surface area (Å²) in [5.41, 5.74) is 2.55. The maximum absolute atomic E-state index is 13.2. The molecule has 1 fully saturated rings. The first-order chi connectivity index (χ1) is 14.2. The number of H-pyrrole nitrogens is 1. The lowest BCUT2D eigenvalue weighted by Crippen LogP contribution is -2.49. The zero-order valence-corrected chi connectivity index (χ0v) is 16.5. The first-order valence-electron chi connectivity index (χ1n) is 9.94. The number of benzene rings is 2. The van der Waals surface area contributed by atoms with Crippen LogP contribution >= 0.6 is 0 Å². The molecule has 1 aliphatic rings. The van der Waals surface area contributed by atoms with Crippen LogP contribution < -0.4 is 10.1 Å². The summed E-state index contributed by atoms with van der Waals surface area (Å²) in [6.07, 6.45) is 4.39. The van der Waals surface area contributed by atoms with Crippen LogP contribution in [0.1, 0.15) is 28.8 Å². The summed E-state index contributed by atoms with van der Waals surface area (Å²) in [6.45, 7) is 1.50. The predicted octanol–water partition coefficient (Wildman–Crippen LogP) is 3.14. The first-order valence-corrected chi connectivity index (χ1v) is 9.94. The molecular formula is C23H25N3O3. The van der Waals surface area contributed by atoms with Crippen molar-refractivity contribution in [3.8, 4) is 5.75 Å². The summed E-state index contributed by atoms with van der Waals surface area (Å²) in [7, 11) is 1.58. The summed E-state index contributed by atoms with van der Waals surface area (Å²) >= 11 is 0. The molecule has 0 radical (unpaired) electrons. The molecule has 0 bridgehead atoms. The number of hydrogen-bond donors (Lipinski definition) is 2. The van der Waals surface area contributed by atoms with Gasteiger partial charge in [0.2, 0.25) is 5.91 Å². The van der Waals surface area contributed by atoms with E-state index in [-0.39, 0.29) is 11.8 Å². The van der Waals surface area contributed by atoms with E-state index < -0.39 is 6.04 Å². The Labute approximate surface area is 169 Å². The maximum Gasteiger partial charge on any atom is 0.251 e. The van der Waals surface area contributed by atoms with E-state index in [1.54, 1.807) is 31.4 Å². The molecule has 6 heteroatoms. The highest BCUT2D eigenvalue weighted by Crippen LogP contribution is 2.21. The Morgan fingerprint density at radius 1 is 1.10 bits per heavy atom. The van der Waals surface area contributed by atoms with Crippen LogP contribution in [0.3, 0.4) is 0 Å². The van der Waals surface area contributed by atoms with Gasteiger partial charge in [0.15, 0.2) is 0 Å². The summed E-state index contributed by atoms with van der Waals surface area (Å²) in [5.74, 6) is 0.407. The number of likely N-dealkylation sites (tertiary alicyclic amines) is 1. The lowest BCUT2D eigenvalue weighted by molar-refractivity contribution is -0.132. The molecule has 0 saturated carbocycles. The minimum Gasteiger partial charge on any atom is -0.497 e. The third-order valence-corrected chi connectivity index (χ3v) is 5.47. The second-order valence-electron chi connectivity index (χ2n) is 7.35. The van der Waals surface area contributed by atoms with Gasteiger partial charge in [0.05, 0.1) is 7.11 Å². The van der Waals surface area contributed by atoms with Crippen LogP contribution in [0.5, 0.6) is 5.75 Å². The van der Waals surface area contributed by atoms with Gasteiger partial charge in [-0.05, 0) is 48.7 Å². The number of rotatable bonds is 6. The van der Waals surface area contributed by atoms with Crippen LogP contribution in [-0.2, 0) is 11.2 Å². The molecule has 2 aromatic carbocycles. The SMILES string of the molecule is COc1ccc(C(=O)N[C@@H](Cc2c[nH]c3ccccc23)C(=O)N2CCCC2)cc1. The summed E-state index contributed by atoms with van der Waals surface area (Å²) in [4.78, 5) is 31.1. The molecule has 2 heterocycles. The minimum atomic E-state index is -0.609. The number of amides is 2. The standard InChI is InChI=1S/C23H25N3O3/c1-29-18-10-8-16(9-11-18)22(27)25-21(23(28)26-12-4-5-13-26)14-17-15-24-20-7-3-2-6-19(17)20/h2-3,6-11,15,21,24H,4-5,12-14H2,1H3,(H,25,27)/t21-/m0/s1. The highest BCUT2D eigenvalue weighted by Gasteiger charge is 2.29. The quantitative estimate of drug-likeness (QED) is 0.678. The van der Waals surface area contributed by atoms with E-state index in [1.807, 2.05) is 35.4 Å².